The minimum absolute atomic E-state index is 0.0280. The number of para-hydroxylation sites is 1. The largest absolute Gasteiger partial charge is 0.483 e. The van der Waals surface area contributed by atoms with Gasteiger partial charge in [-0.2, -0.15) is 0 Å². The van der Waals surface area contributed by atoms with Crippen molar-refractivity contribution >= 4 is 5.91 Å². The van der Waals surface area contributed by atoms with E-state index >= 15 is 0 Å². The van der Waals surface area contributed by atoms with Gasteiger partial charge in [-0.25, -0.2) is 0 Å². The second-order valence-corrected chi connectivity index (χ2v) is 5.01. The first-order chi connectivity index (χ1) is 9.70. The molecule has 0 saturated carbocycles. The molecule has 1 saturated heterocycles. The summed E-state index contributed by atoms with van der Waals surface area (Å²) < 4.78 is 11.1. The molecule has 1 aromatic rings. The van der Waals surface area contributed by atoms with E-state index in [1.807, 2.05) is 24.3 Å². The van der Waals surface area contributed by atoms with Crippen LogP contribution in [0, 0.1) is 0 Å². The monoisotopic (exact) mass is 278 g/mol. The molecule has 1 aromatic carbocycles. The zero-order valence-electron chi connectivity index (χ0n) is 11.9. The molecule has 5 heteroatoms. The minimum atomic E-state index is -0.0488. The molecule has 1 unspecified atom stereocenters. The number of hydrogen-bond donors (Lipinski definition) is 1. The molecule has 0 aromatic heterocycles. The summed E-state index contributed by atoms with van der Waals surface area (Å²) in [7, 11) is 1.78. The van der Waals surface area contributed by atoms with E-state index in [4.69, 9.17) is 15.2 Å². The van der Waals surface area contributed by atoms with Crippen molar-refractivity contribution in [2.24, 2.45) is 5.73 Å². The first-order valence-electron chi connectivity index (χ1n) is 6.97. The Morgan fingerprint density at radius 1 is 1.50 bits per heavy atom. The maximum atomic E-state index is 12.0. The fourth-order valence-corrected chi connectivity index (χ4v) is 2.26. The van der Waals surface area contributed by atoms with Crippen molar-refractivity contribution < 1.29 is 14.3 Å². The summed E-state index contributed by atoms with van der Waals surface area (Å²) in [5.41, 5.74) is 6.54. The van der Waals surface area contributed by atoms with E-state index in [1.54, 1.807) is 11.9 Å². The molecule has 1 amide bonds. The summed E-state index contributed by atoms with van der Waals surface area (Å²) >= 11 is 0. The van der Waals surface area contributed by atoms with Crippen LogP contribution >= 0.6 is 0 Å². The number of amides is 1. The van der Waals surface area contributed by atoms with Crippen molar-refractivity contribution in [3.8, 4) is 5.75 Å². The quantitative estimate of drug-likeness (QED) is 0.848. The van der Waals surface area contributed by atoms with E-state index in [0.717, 1.165) is 25.0 Å². The zero-order chi connectivity index (χ0) is 14.4. The lowest BCUT2D eigenvalue weighted by atomic mass is 10.2. The fourth-order valence-electron chi connectivity index (χ4n) is 2.26. The van der Waals surface area contributed by atoms with Gasteiger partial charge in [0.25, 0.3) is 5.91 Å². The molecule has 2 N–H and O–H groups in total. The van der Waals surface area contributed by atoms with Gasteiger partial charge in [0.2, 0.25) is 0 Å². The predicted molar refractivity (Wildman–Crippen MR) is 76.4 cm³/mol. The Bertz CT molecular complexity index is 444. The van der Waals surface area contributed by atoms with Gasteiger partial charge in [0.15, 0.2) is 6.61 Å². The minimum Gasteiger partial charge on any atom is -0.483 e. The number of carbonyl (C=O) groups excluding carboxylic acids is 1. The summed E-state index contributed by atoms with van der Waals surface area (Å²) in [5.74, 6) is 0.626. The second-order valence-electron chi connectivity index (χ2n) is 5.01. The topological polar surface area (TPSA) is 64.8 Å². The molecule has 1 fully saturated rings. The number of nitrogens with zero attached hydrogens (tertiary/aromatic N) is 1. The first kappa shape index (κ1) is 14.8. The Labute approximate surface area is 119 Å². The van der Waals surface area contributed by atoms with Crippen molar-refractivity contribution in [2.45, 2.75) is 25.5 Å². The highest BCUT2D eigenvalue weighted by atomic mass is 16.5. The fraction of sp³-hybridized carbons (Fsp3) is 0.533. The second kappa shape index (κ2) is 7.26. The molecular weight excluding hydrogens is 256 g/mol. The van der Waals surface area contributed by atoms with Gasteiger partial charge in [0.05, 0.1) is 6.10 Å². The maximum Gasteiger partial charge on any atom is 0.260 e. The highest BCUT2D eigenvalue weighted by molar-refractivity contribution is 5.77. The lowest BCUT2D eigenvalue weighted by Gasteiger charge is -2.21. The molecule has 0 aliphatic carbocycles. The highest BCUT2D eigenvalue weighted by Crippen LogP contribution is 2.17. The third-order valence-electron chi connectivity index (χ3n) is 3.47. The van der Waals surface area contributed by atoms with Gasteiger partial charge in [-0.05, 0) is 18.9 Å². The summed E-state index contributed by atoms with van der Waals surface area (Å²) in [4.78, 5) is 13.7. The number of benzene rings is 1. The van der Waals surface area contributed by atoms with Crippen LogP contribution in [0.15, 0.2) is 24.3 Å². The van der Waals surface area contributed by atoms with E-state index in [1.165, 1.54) is 0 Å². The third kappa shape index (κ3) is 3.95. The van der Waals surface area contributed by atoms with Crippen LogP contribution in [0.4, 0.5) is 0 Å². The summed E-state index contributed by atoms with van der Waals surface area (Å²) in [5, 5.41) is 0. The van der Waals surface area contributed by atoms with Gasteiger partial charge in [0.1, 0.15) is 5.75 Å². The third-order valence-corrected chi connectivity index (χ3v) is 3.47. The van der Waals surface area contributed by atoms with E-state index < -0.39 is 0 Å². The van der Waals surface area contributed by atoms with Gasteiger partial charge in [0, 0.05) is 32.3 Å². The van der Waals surface area contributed by atoms with Crippen LogP contribution in [0.3, 0.4) is 0 Å². The maximum absolute atomic E-state index is 12.0. The molecule has 1 heterocycles. The van der Waals surface area contributed by atoms with Gasteiger partial charge in [-0.15, -0.1) is 0 Å². The van der Waals surface area contributed by atoms with Crippen molar-refractivity contribution in [1.82, 2.24) is 4.90 Å². The Hall–Kier alpha value is -1.59. The molecule has 0 spiro atoms. The van der Waals surface area contributed by atoms with Crippen LogP contribution in [0.5, 0.6) is 5.75 Å². The average molecular weight is 278 g/mol. The van der Waals surface area contributed by atoms with Gasteiger partial charge >= 0.3 is 0 Å². The standard InChI is InChI=1S/C15H22N2O3/c1-17(10-13-6-4-8-19-13)15(18)11-20-14-7-3-2-5-12(14)9-16/h2-3,5,7,13H,4,6,8-11,16H2,1H3. The number of hydrogen-bond acceptors (Lipinski definition) is 4. The Morgan fingerprint density at radius 3 is 3.00 bits per heavy atom. The Morgan fingerprint density at radius 2 is 2.30 bits per heavy atom. The average Bonchev–Trinajstić information content (AvgIpc) is 2.97. The van der Waals surface area contributed by atoms with Crippen molar-refractivity contribution in [3.63, 3.8) is 0 Å². The molecule has 2 rings (SSSR count). The lowest BCUT2D eigenvalue weighted by molar-refractivity contribution is -0.133. The van der Waals surface area contributed by atoms with Crippen LogP contribution in [-0.4, -0.2) is 43.7 Å². The molecular formula is C15H22N2O3. The van der Waals surface area contributed by atoms with Crippen LogP contribution in [0.2, 0.25) is 0 Å². The predicted octanol–water partition coefficient (Wildman–Crippen LogP) is 1.16. The van der Waals surface area contributed by atoms with E-state index in [0.29, 0.717) is 18.8 Å². The van der Waals surface area contributed by atoms with E-state index in [9.17, 15) is 4.79 Å². The first-order valence-corrected chi connectivity index (χ1v) is 6.97. The smallest absolute Gasteiger partial charge is 0.260 e. The number of carbonyl (C=O) groups is 1. The van der Waals surface area contributed by atoms with E-state index in [-0.39, 0.29) is 18.6 Å². The highest BCUT2D eigenvalue weighted by Gasteiger charge is 2.20. The molecule has 1 aliphatic rings. The summed E-state index contributed by atoms with van der Waals surface area (Å²) in [6, 6.07) is 7.50. The van der Waals surface area contributed by atoms with Gasteiger partial charge in [-0.1, -0.05) is 18.2 Å². The van der Waals surface area contributed by atoms with Crippen LogP contribution in [0.1, 0.15) is 18.4 Å². The van der Waals surface area contributed by atoms with Crippen molar-refractivity contribution in [1.29, 1.82) is 0 Å². The molecule has 20 heavy (non-hydrogen) atoms. The van der Waals surface area contributed by atoms with Crippen molar-refractivity contribution in [2.75, 3.05) is 26.8 Å². The molecule has 5 nitrogen and oxygen atoms in total. The number of rotatable bonds is 6. The molecule has 1 aliphatic heterocycles. The SMILES string of the molecule is CN(CC1CCCO1)C(=O)COc1ccccc1CN. The number of nitrogens with two attached hydrogens (primary N) is 1. The summed E-state index contributed by atoms with van der Waals surface area (Å²) in [6.07, 6.45) is 2.27. The Balaban J connectivity index is 1.81. The van der Waals surface area contributed by atoms with Gasteiger partial charge < -0.3 is 20.1 Å². The van der Waals surface area contributed by atoms with Crippen molar-refractivity contribution in [3.05, 3.63) is 29.8 Å². The van der Waals surface area contributed by atoms with E-state index in [2.05, 4.69) is 0 Å². The van der Waals surface area contributed by atoms with Gasteiger partial charge in [-0.3, -0.25) is 4.79 Å². The molecule has 0 bridgehead atoms. The van der Waals surface area contributed by atoms with Crippen LogP contribution in [-0.2, 0) is 16.1 Å². The van der Waals surface area contributed by atoms with Crippen LogP contribution in [0.25, 0.3) is 0 Å². The normalized spacial score (nSPS) is 18.0. The Kier molecular flexibility index (Phi) is 5.38. The molecule has 1 atom stereocenters. The number of ether oxygens (including phenoxy) is 2. The summed E-state index contributed by atoms with van der Waals surface area (Å²) in [6.45, 7) is 1.85. The lowest BCUT2D eigenvalue weighted by Crippen LogP contribution is -2.37. The molecule has 110 valence electrons. The number of likely N-dealkylation sites (N-methyl/N-ethyl adjacent to an activating group) is 1. The molecule has 0 radical (unpaired) electrons. The zero-order valence-corrected chi connectivity index (χ0v) is 11.9. The van der Waals surface area contributed by atoms with Crippen LogP contribution < -0.4 is 10.5 Å².